The lowest BCUT2D eigenvalue weighted by atomic mass is 10.0. The van der Waals surface area contributed by atoms with E-state index in [4.69, 9.17) is 0 Å². The van der Waals surface area contributed by atoms with Gasteiger partial charge in [0, 0.05) is 44.6 Å². The summed E-state index contributed by atoms with van der Waals surface area (Å²) >= 11 is 0. The Hall–Kier alpha value is -3.70. The maximum Gasteiger partial charge on any atom is 0.268 e. The summed E-state index contributed by atoms with van der Waals surface area (Å²) in [5.74, 6) is -0.327. The summed E-state index contributed by atoms with van der Waals surface area (Å²) in [5.41, 5.74) is 4.80. The number of sulfonamides is 1. The molecular weight excluding hydrogens is 466 g/mol. The Morgan fingerprint density at radius 3 is 2.74 bits per heavy atom. The van der Waals surface area contributed by atoms with Crippen LogP contribution in [0.1, 0.15) is 38.6 Å². The van der Waals surface area contributed by atoms with Gasteiger partial charge in [0.05, 0.1) is 25.0 Å². The molecule has 3 aromatic heterocycles. The number of nitrogens with zero attached hydrogens (tertiary/aromatic N) is 5. The van der Waals surface area contributed by atoms with Crippen LogP contribution in [0.15, 0.2) is 59.9 Å². The van der Waals surface area contributed by atoms with Crippen molar-refractivity contribution in [3.63, 3.8) is 0 Å². The molecule has 0 unspecified atom stereocenters. The van der Waals surface area contributed by atoms with E-state index in [9.17, 15) is 13.2 Å². The Balaban J connectivity index is 1.33. The molecule has 1 amide bonds. The van der Waals surface area contributed by atoms with Gasteiger partial charge in [-0.15, -0.1) is 0 Å². The van der Waals surface area contributed by atoms with Crippen molar-refractivity contribution in [1.29, 1.82) is 0 Å². The molecule has 1 aliphatic heterocycles. The van der Waals surface area contributed by atoms with Crippen LogP contribution in [0.4, 0.5) is 0 Å². The zero-order valence-electron chi connectivity index (χ0n) is 19.6. The van der Waals surface area contributed by atoms with Crippen molar-refractivity contribution in [1.82, 2.24) is 34.2 Å². The van der Waals surface area contributed by atoms with E-state index in [-0.39, 0.29) is 17.3 Å². The van der Waals surface area contributed by atoms with E-state index in [1.54, 1.807) is 30.9 Å². The molecule has 1 aromatic carbocycles. The van der Waals surface area contributed by atoms with Gasteiger partial charge in [0.25, 0.3) is 5.91 Å². The van der Waals surface area contributed by atoms with Gasteiger partial charge in [0.2, 0.25) is 10.0 Å². The first-order valence-corrected chi connectivity index (χ1v) is 12.8. The largest absolute Gasteiger partial charge is 0.347 e. The molecular formula is C24H27N7O3S. The van der Waals surface area contributed by atoms with Crippen molar-refractivity contribution >= 4 is 15.9 Å². The highest BCUT2D eigenvalue weighted by Gasteiger charge is 2.32. The third kappa shape index (κ3) is 4.40. The number of carbonyl (C=O) groups excluding carboxylic acids is 1. The number of hydrogen-bond acceptors (Lipinski definition) is 5. The number of rotatable bonds is 7. The smallest absolute Gasteiger partial charge is 0.268 e. The Labute approximate surface area is 203 Å². The van der Waals surface area contributed by atoms with E-state index in [1.807, 2.05) is 41.2 Å². The van der Waals surface area contributed by atoms with Gasteiger partial charge in [0.15, 0.2) is 0 Å². The second-order valence-electron chi connectivity index (χ2n) is 8.66. The average Bonchev–Trinajstić information content (AvgIpc) is 3.60. The van der Waals surface area contributed by atoms with Crippen molar-refractivity contribution in [2.24, 2.45) is 7.05 Å². The van der Waals surface area contributed by atoms with E-state index >= 15 is 0 Å². The summed E-state index contributed by atoms with van der Waals surface area (Å²) in [5, 5.41) is 14.0. The summed E-state index contributed by atoms with van der Waals surface area (Å²) in [7, 11) is -2.06. The van der Waals surface area contributed by atoms with E-state index < -0.39 is 10.0 Å². The number of fused-ring (bicyclic) bond motifs is 1. The molecule has 35 heavy (non-hydrogen) atoms. The molecule has 0 saturated heterocycles. The van der Waals surface area contributed by atoms with Crippen LogP contribution < -0.4 is 5.32 Å². The predicted molar refractivity (Wildman–Crippen MR) is 129 cm³/mol. The molecule has 0 bridgehead atoms. The number of amides is 1. The monoisotopic (exact) mass is 493 g/mol. The lowest BCUT2D eigenvalue weighted by Gasteiger charge is -2.26. The van der Waals surface area contributed by atoms with Crippen molar-refractivity contribution in [3.05, 3.63) is 88.8 Å². The normalized spacial score (nSPS) is 14.1. The van der Waals surface area contributed by atoms with E-state index in [0.29, 0.717) is 37.4 Å². The molecule has 0 spiro atoms. The first-order valence-electron chi connectivity index (χ1n) is 11.3. The molecule has 10 nitrogen and oxygen atoms in total. The number of nitrogens with one attached hydrogen (secondary N) is 2. The van der Waals surface area contributed by atoms with E-state index in [0.717, 1.165) is 22.4 Å². The van der Waals surface area contributed by atoms with Gasteiger partial charge < -0.3 is 9.88 Å². The van der Waals surface area contributed by atoms with Gasteiger partial charge in [0.1, 0.15) is 10.6 Å². The van der Waals surface area contributed by atoms with Gasteiger partial charge in [-0.1, -0.05) is 24.3 Å². The number of hydrogen-bond donors (Lipinski definition) is 2. The molecule has 1 aliphatic rings. The number of aromatic nitrogens is 5. The second-order valence-corrected chi connectivity index (χ2v) is 10.6. The van der Waals surface area contributed by atoms with Crippen molar-refractivity contribution < 1.29 is 13.2 Å². The highest BCUT2D eigenvalue weighted by Crippen LogP contribution is 2.26. The Bertz CT molecular complexity index is 1470. The van der Waals surface area contributed by atoms with Crippen LogP contribution in [0.25, 0.3) is 0 Å². The lowest BCUT2D eigenvalue weighted by molar-refractivity contribution is 0.0942. The highest BCUT2D eigenvalue weighted by atomic mass is 32.2. The van der Waals surface area contributed by atoms with Gasteiger partial charge >= 0.3 is 0 Å². The fraction of sp³-hybridized carbons (Fsp3) is 0.292. The Morgan fingerprint density at radius 1 is 1.17 bits per heavy atom. The molecule has 182 valence electrons. The predicted octanol–water partition coefficient (Wildman–Crippen LogP) is 1.98. The molecule has 0 atom stereocenters. The van der Waals surface area contributed by atoms with Gasteiger partial charge in [-0.05, 0) is 35.7 Å². The first kappa shape index (κ1) is 23.1. The molecule has 0 radical (unpaired) electrons. The minimum atomic E-state index is -3.77. The van der Waals surface area contributed by atoms with E-state index in [2.05, 4.69) is 20.6 Å². The molecule has 4 heterocycles. The number of benzene rings is 1. The van der Waals surface area contributed by atoms with Crippen LogP contribution in [0.5, 0.6) is 0 Å². The zero-order chi connectivity index (χ0) is 24.6. The van der Waals surface area contributed by atoms with Crippen molar-refractivity contribution in [2.75, 3.05) is 6.54 Å². The van der Waals surface area contributed by atoms with Crippen LogP contribution in [0.3, 0.4) is 0 Å². The quantitative estimate of drug-likeness (QED) is 0.408. The molecule has 0 saturated carbocycles. The SMILES string of the molecule is Cc1c(S(=O)(=O)N2CCn3nccc3C2)cc(C(=O)NCc2ccccc2Cc2cn[nH]c2)n1C. The topological polar surface area (TPSA) is 118 Å². The zero-order valence-corrected chi connectivity index (χ0v) is 20.4. The van der Waals surface area contributed by atoms with Crippen molar-refractivity contribution in [2.45, 2.75) is 37.9 Å². The van der Waals surface area contributed by atoms with Crippen LogP contribution >= 0.6 is 0 Å². The molecule has 5 rings (SSSR count). The molecule has 4 aromatic rings. The average molecular weight is 494 g/mol. The lowest BCUT2D eigenvalue weighted by Crippen LogP contribution is -2.38. The molecule has 11 heteroatoms. The summed E-state index contributed by atoms with van der Waals surface area (Å²) < 4.78 is 31.8. The minimum absolute atomic E-state index is 0.151. The van der Waals surface area contributed by atoms with Crippen LogP contribution in [0, 0.1) is 6.92 Å². The number of aromatic amines is 1. The minimum Gasteiger partial charge on any atom is -0.347 e. The molecule has 0 aliphatic carbocycles. The molecule has 2 N–H and O–H groups in total. The maximum absolute atomic E-state index is 13.4. The number of H-pyrrole nitrogens is 1. The Morgan fingerprint density at radius 2 is 1.97 bits per heavy atom. The fourth-order valence-electron chi connectivity index (χ4n) is 4.42. The standard InChI is InChI=1S/C24H27N7O3S/c1-17-23(35(33,34)30-9-10-31-21(16-30)7-8-28-31)12-22(29(17)2)24(32)25-15-20-6-4-3-5-19(20)11-18-13-26-27-14-18/h3-8,12-14H,9-11,15-16H2,1-2H3,(H,25,32)(H,26,27). The second kappa shape index (κ2) is 9.16. The van der Waals surface area contributed by atoms with Crippen LogP contribution in [0.2, 0.25) is 0 Å². The summed E-state index contributed by atoms with van der Waals surface area (Å²) in [6.07, 6.45) is 6.00. The maximum atomic E-state index is 13.4. The highest BCUT2D eigenvalue weighted by molar-refractivity contribution is 7.89. The van der Waals surface area contributed by atoms with Crippen molar-refractivity contribution in [3.8, 4) is 0 Å². The fourth-order valence-corrected chi connectivity index (χ4v) is 6.09. The van der Waals surface area contributed by atoms with Crippen LogP contribution in [-0.2, 0) is 43.1 Å². The third-order valence-electron chi connectivity index (χ3n) is 6.55. The third-order valence-corrected chi connectivity index (χ3v) is 8.51. The van der Waals surface area contributed by atoms with Gasteiger partial charge in [-0.25, -0.2) is 8.42 Å². The van der Waals surface area contributed by atoms with Crippen LogP contribution in [-0.4, -0.2) is 49.7 Å². The number of carbonyl (C=O) groups is 1. The van der Waals surface area contributed by atoms with Gasteiger partial charge in [-0.3, -0.25) is 14.6 Å². The molecule has 0 fully saturated rings. The first-order chi connectivity index (χ1) is 16.8. The summed E-state index contributed by atoms with van der Waals surface area (Å²) in [4.78, 5) is 13.2. The summed E-state index contributed by atoms with van der Waals surface area (Å²) in [6.45, 7) is 3.14. The summed E-state index contributed by atoms with van der Waals surface area (Å²) in [6, 6.07) is 11.2. The van der Waals surface area contributed by atoms with Gasteiger partial charge in [-0.2, -0.15) is 14.5 Å². The van der Waals surface area contributed by atoms with E-state index in [1.165, 1.54) is 10.4 Å². The Kier molecular flexibility index (Phi) is 6.03.